The maximum absolute atomic E-state index is 12.6. The number of alkyl halides is 2. The molecule has 9 nitrogen and oxygen atoms in total. The average Bonchev–Trinajstić information content (AvgIpc) is 2.72. The van der Waals surface area contributed by atoms with Crippen LogP contribution < -0.4 is 10.2 Å². The smallest absolute Gasteiger partial charge is 0.387 e. The summed E-state index contributed by atoms with van der Waals surface area (Å²) < 4.78 is 55.2. The van der Waals surface area contributed by atoms with Crippen molar-refractivity contribution in [3.8, 4) is 5.75 Å². The van der Waals surface area contributed by atoms with Gasteiger partial charge in [-0.25, -0.2) is 8.42 Å². The van der Waals surface area contributed by atoms with E-state index in [1.807, 2.05) is 0 Å². The Morgan fingerprint density at radius 3 is 2.32 bits per heavy atom. The van der Waals surface area contributed by atoms with Crippen molar-refractivity contribution in [3.63, 3.8) is 0 Å². The lowest BCUT2D eigenvalue weighted by Crippen LogP contribution is -2.30. The molecule has 31 heavy (non-hydrogen) atoms. The third kappa shape index (κ3) is 5.95. The Morgan fingerprint density at radius 2 is 1.81 bits per heavy atom. The van der Waals surface area contributed by atoms with E-state index in [1.165, 1.54) is 40.7 Å². The van der Waals surface area contributed by atoms with Gasteiger partial charge in [-0.05, 0) is 48.9 Å². The summed E-state index contributed by atoms with van der Waals surface area (Å²) in [4.78, 5) is 10.6. The van der Waals surface area contributed by atoms with Gasteiger partial charge in [-0.2, -0.15) is 18.2 Å². The van der Waals surface area contributed by atoms with E-state index in [0.717, 1.165) is 6.07 Å². The number of hydrogen-bond donors (Lipinski definition) is 1. The third-order valence-corrected chi connectivity index (χ3v) is 6.40. The molecule has 2 rings (SSSR count). The minimum absolute atomic E-state index is 0.000464. The molecule has 0 aliphatic rings. The fraction of sp³-hybridized carbons (Fsp3) is 0.316. The molecule has 0 bridgehead atoms. The molecule has 0 atom stereocenters. The molecule has 0 fully saturated rings. The summed E-state index contributed by atoms with van der Waals surface area (Å²) in [5.74, 6) is -0.0138. The molecular weight excluding hydrogens is 434 g/mol. The fourth-order valence-electron chi connectivity index (χ4n) is 2.72. The number of sulfonamides is 1. The molecule has 12 heteroatoms. The number of benzene rings is 2. The molecule has 168 valence electrons. The van der Waals surface area contributed by atoms with Gasteiger partial charge in [0, 0.05) is 19.2 Å². The zero-order valence-electron chi connectivity index (χ0n) is 17.1. The SMILES string of the molecule is CCN(CC)S(=O)(=O)c1ccc(NN=C(C)c2ccc(OC(F)F)cc2)c([N+](=O)[O-])c1. The average molecular weight is 456 g/mol. The Morgan fingerprint density at radius 1 is 1.19 bits per heavy atom. The van der Waals surface area contributed by atoms with Crippen LogP contribution in [0.25, 0.3) is 0 Å². The molecule has 0 aliphatic heterocycles. The first-order valence-electron chi connectivity index (χ1n) is 9.24. The maximum Gasteiger partial charge on any atom is 0.387 e. The van der Waals surface area contributed by atoms with Crippen LogP contribution in [0.2, 0.25) is 0 Å². The summed E-state index contributed by atoms with van der Waals surface area (Å²) in [6.07, 6.45) is 0. The second kappa shape index (κ2) is 10.3. The monoisotopic (exact) mass is 456 g/mol. The molecule has 0 saturated heterocycles. The van der Waals surface area contributed by atoms with Crippen LogP contribution >= 0.6 is 0 Å². The van der Waals surface area contributed by atoms with Gasteiger partial charge < -0.3 is 4.74 Å². The zero-order valence-corrected chi connectivity index (χ0v) is 17.9. The Hall–Kier alpha value is -3.12. The molecule has 0 unspecified atom stereocenters. The Balaban J connectivity index is 2.29. The summed E-state index contributed by atoms with van der Waals surface area (Å²) in [5, 5.41) is 15.6. The van der Waals surface area contributed by atoms with Crippen molar-refractivity contribution in [1.29, 1.82) is 0 Å². The van der Waals surface area contributed by atoms with Crippen LogP contribution in [0.1, 0.15) is 26.3 Å². The molecule has 0 spiro atoms. The zero-order chi connectivity index (χ0) is 23.2. The van der Waals surface area contributed by atoms with Crippen molar-refractivity contribution in [2.45, 2.75) is 32.3 Å². The van der Waals surface area contributed by atoms with Gasteiger partial charge >= 0.3 is 6.61 Å². The molecule has 1 N–H and O–H groups in total. The molecule has 0 heterocycles. The summed E-state index contributed by atoms with van der Waals surface area (Å²) in [6.45, 7) is 2.50. The van der Waals surface area contributed by atoms with Gasteiger partial charge in [-0.15, -0.1) is 0 Å². The third-order valence-electron chi connectivity index (χ3n) is 4.35. The molecule has 0 aromatic heterocycles. The van der Waals surface area contributed by atoms with E-state index < -0.39 is 27.2 Å². The van der Waals surface area contributed by atoms with E-state index in [9.17, 15) is 27.3 Å². The number of nitro benzene ring substituents is 1. The minimum atomic E-state index is -3.86. The van der Waals surface area contributed by atoms with E-state index in [1.54, 1.807) is 20.8 Å². The number of nitrogens with one attached hydrogen (secondary N) is 1. The molecule has 0 aliphatic carbocycles. The van der Waals surface area contributed by atoms with Gasteiger partial charge in [0.2, 0.25) is 10.0 Å². The maximum atomic E-state index is 12.6. The van der Waals surface area contributed by atoms with Gasteiger partial charge in [-0.3, -0.25) is 15.5 Å². The van der Waals surface area contributed by atoms with Crippen LogP contribution in [0.4, 0.5) is 20.2 Å². The number of halogens is 2. The molecule has 0 radical (unpaired) electrons. The number of hydrazone groups is 1. The molecular formula is C19H22F2N4O5S. The summed E-state index contributed by atoms with van der Waals surface area (Å²) >= 11 is 0. The van der Waals surface area contributed by atoms with Gasteiger partial charge in [0.05, 0.1) is 15.5 Å². The van der Waals surface area contributed by atoms with Crippen LogP contribution in [-0.4, -0.2) is 43.1 Å². The van der Waals surface area contributed by atoms with E-state index in [0.29, 0.717) is 11.3 Å². The first kappa shape index (κ1) is 24.2. The first-order valence-corrected chi connectivity index (χ1v) is 10.7. The lowest BCUT2D eigenvalue weighted by molar-refractivity contribution is -0.384. The lowest BCUT2D eigenvalue weighted by Gasteiger charge is -2.18. The fourth-order valence-corrected chi connectivity index (χ4v) is 4.19. The van der Waals surface area contributed by atoms with E-state index in [-0.39, 0.29) is 29.4 Å². The highest BCUT2D eigenvalue weighted by molar-refractivity contribution is 7.89. The van der Waals surface area contributed by atoms with Crippen molar-refractivity contribution in [1.82, 2.24) is 4.31 Å². The predicted octanol–water partition coefficient (Wildman–Crippen LogP) is 4.06. The largest absolute Gasteiger partial charge is 0.435 e. The van der Waals surface area contributed by atoms with Crippen LogP contribution in [0, 0.1) is 10.1 Å². The quantitative estimate of drug-likeness (QED) is 0.328. The standard InChI is InChI=1S/C19H22F2N4O5S/c1-4-24(5-2)31(28,29)16-10-11-17(18(12-16)25(26)27)23-22-13(3)14-6-8-15(9-7-14)30-19(20)21/h6-12,19,23H,4-5H2,1-3H3. The van der Waals surface area contributed by atoms with Gasteiger partial charge in [0.25, 0.3) is 5.69 Å². The molecule has 0 amide bonds. The second-order valence-corrected chi connectivity index (χ2v) is 8.18. The highest BCUT2D eigenvalue weighted by Gasteiger charge is 2.25. The normalized spacial score (nSPS) is 12.3. The molecule has 2 aromatic carbocycles. The van der Waals surface area contributed by atoms with E-state index in [4.69, 9.17) is 0 Å². The number of nitrogens with zero attached hydrogens (tertiary/aromatic N) is 3. The van der Waals surface area contributed by atoms with Crippen molar-refractivity contribution in [2.24, 2.45) is 5.10 Å². The summed E-state index contributed by atoms with van der Waals surface area (Å²) in [6, 6.07) is 9.22. The van der Waals surface area contributed by atoms with Crippen LogP contribution in [0.3, 0.4) is 0 Å². The van der Waals surface area contributed by atoms with Gasteiger partial charge in [0.1, 0.15) is 11.4 Å². The number of nitro groups is 1. The highest BCUT2D eigenvalue weighted by atomic mass is 32.2. The molecule has 2 aromatic rings. The van der Waals surface area contributed by atoms with Gasteiger partial charge in [-0.1, -0.05) is 13.8 Å². The van der Waals surface area contributed by atoms with Crippen molar-refractivity contribution in [3.05, 3.63) is 58.1 Å². The van der Waals surface area contributed by atoms with E-state index in [2.05, 4.69) is 15.3 Å². The number of anilines is 1. The van der Waals surface area contributed by atoms with Crippen LogP contribution in [0.15, 0.2) is 52.5 Å². The van der Waals surface area contributed by atoms with Gasteiger partial charge in [0.15, 0.2) is 0 Å². The number of rotatable bonds is 10. The minimum Gasteiger partial charge on any atom is -0.435 e. The Kier molecular flexibility index (Phi) is 8.00. The Bertz CT molecular complexity index is 1060. The summed E-state index contributed by atoms with van der Waals surface area (Å²) in [5.41, 5.74) is 3.09. The first-order chi connectivity index (χ1) is 14.6. The predicted molar refractivity (Wildman–Crippen MR) is 112 cm³/mol. The Labute approximate surface area is 178 Å². The van der Waals surface area contributed by atoms with Crippen molar-refractivity contribution in [2.75, 3.05) is 18.5 Å². The topological polar surface area (TPSA) is 114 Å². The number of ether oxygens (including phenoxy) is 1. The lowest BCUT2D eigenvalue weighted by atomic mass is 10.1. The summed E-state index contributed by atoms with van der Waals surface area (Å²) in [7, 11) is -3.86. The van der Waals surface area contributed by atoms with Crippen molar-refractivity contribution >= 4 is 27.1 Å². The van der Waals surface area contributed by atoms with Crippen LogP contribution in [0.5, 0.6) is 5.75 Å². The highest BCUT2D eigenvalue weighted by Crippen LogP contribution is 2.29. The number of hydrogen-bond acceptors (Lipinski definition) is 7. The second-order valence-electron chi connectivity index (χ2n) is 6.24. The van der Waals surface area contributed by atoms with Crippen LogP contribution in [-0.2, 0) is 10.0 Å². The van der Waals surface area contributed by atoms with E-state index >= 15 is 0 Å². The molecule has 0 saturated carbocycles. The van der Waals surface area contributed by atoms with Crippen molar-refractivity contribution < 1.29 is 26.9 Å².